The van der Waals surface area contributed by atoms with Gasteiger partial charge in [0.1, 0.15) is 0 Å². The number of nitrogens with zero attached hydrogens (tertiary/aromatic N) is 3. The fourth-order valence-corrected chi connectivity index (χ4v) is 4.43. The van der Waals surface area contributed by atoms with Crippen LogP contribution in [-0.4, -0.2) is 32.0 Å². The molecule has 5 rings (SSSR count). The van der Waals surface area contributed by atoms with Crippen molar-refractivity contribution in [2.24, 2.45) is 7.05 Å². The molecule has 0 fully saturated rings. The fraction of sp³-hybridized carbons (Fsp3) is 0.185. The molecule has 0 unspecified atom stereocenters. The Kier molecular flexibility index (Phi) is 5.60. The van der Waals surface area contributed by atoms with Gasteiger partial charge in [-0.2, -0.15) is 18.3 Å². The van der Waals surface area contributed by atoms with E-state index in [-0.39, 0.29) is 12.5 Å². The van der Waals surface area contributed by atoms with E-state index in [1.165, 1.54) is 12.1 Å². The number of amides is 1. The van der Waals surface area contributed by atoms with Gasteiger partial charge in [-0.15, -0.1) is 0 Å². The van der Waals surface area contributed by atoms with Gasteiger partial charge >= 0.3 is 6.18 Å². The number of aliphatic hydroxyl groups excluding tert-OH is 1. The maximum atomic E-state index is 13.2. The van der Waals surface area contributed by atoms with E-state index >= 15 is 0 Å². The summed E-state index contributed by atoms with van der Waals surface area (Å²) < 4.78 is 42.6. The van der Waals surface area contributed by atoms with Crippen LogP contribution in [0.15, 0.2) is 79.0 Å². The van der Waals surface area contributed by atoms with Crippen molar-refractivity contribution in [3.05, 3.63) is 95.7 Å². The molecule has 0 aliphatic carbocycles. The number of alkyl halides is 3. The maximum Gasteiger partial charge on any atom is 0.416 e. The zero-order chi connectivity index (χ0) is 25.7. The Morgan fingerprint density at radius 2 is 1.67 bits per heavy atom. The second kappa shape index (κ2) is 8.53. The number of aryl methyl sites for hydroxylation is 1. The number of aliphatic hydroxyl groups is 1. The van der Waals surface area contributed by atoms with Crippen LogP contribution in [-0.2, 0) is 18.8 Å². The highest BCUT2D eigenvalue weighted by Crippen LogP contribution is 2.34. The molecule has 9 heteroatoms. The summed E-state index contributed by atoms with van der Waals surface area (Å²) in [5.41, 5.74) is 1.23. The van der Waals surface area contributed by atoms with Crippen molar-refractivity contribution in [1.82, 2.24) is 19.7 Å². The predicted molar refractivity (Wildman–Crippen MR) is 131 cm³/mol. The molecule has 3 aromatic carbocycles. The topological polar surface area (TPSA) is 72.1 Å². The minimum absolute atomic E-state index is 0.290. The highest BCUT2D eigenvalue weighted by molar-refractivity contribution is 6.10. The van der Waals surface area contributed by atoms with Crippen molar-refractivity contribution < 1.29 is 23.1 Å². The van der Waals surface area contributed by atoms with Crippen LogP contribution in [0.2, 0.25) is 0 Å². The Morgan fingerprint density at radius 3 is 2.31 bits per heavy atom. The number of carbonyl (C=O) groups excluding carboxylic acids is 1. The molecule has 0 spiro atoms. The average molecular weight is 493 g/mol. The number of fused-ring (bicyclic) bond motifs is 3. The Labute approximate surface area is 204 Å². The van der Waals surface area contributed by atoms with Crippen LogP contribution in [0, 0.1) is 0 Å². The highest BCUT2D eigenvalue weighted by Gasteiger charge is 2.31. The fourth-order valence-electron chi connectivity index (χ4n) is 4.43. The van der Waals surface area contributed by atoms with Crippen LogP contribution < -0.4 is 5.32 Å². The van der Waals surface area contributed by atoms with Crippen LogP contribution in [0.5, 0.6) is 0 Å². The molecule has 184 valence electrons. The molecule has 1 amide bonds. The molecule has 0 bridgehead atoms. The number of hydrogen-bond acceptors (Lipinski definition) is 3. The molecule has 2 N–H and O–H groups in total. The highest BCUT2D eigenvalue weighted by atomic mass is 19.4. The van der Waals surface area contributed by atoms with Gasteiger partial charge in [-0.05, 0) is 55.0 Å². The van der Waals surface area contributed by atoms with Gasteiger partial charge in [0.2, 0.25) is 0 Å². The first kappa shape index (κ1) is 23.6. The van der Waals surface area contributed by atoms with E-state index < -0.39 is 17.3 Å². The van der Waals surface area contributed by atoms with E-state index in [2.05, 4.69) is 10.4 Å². The molecular weight excluding hydrogens is 469 g/mol. The van der Waals surface area contributed by atoms with E-state index in [1.807, 2.05) is 36.5 Å². The summed E-state index contributed by atoms with van der Waals surface area (Å²) in [6.07, 6.45) is -2.62. The number of rotatable bonds is 5. The second-order valence-corrected chi connectivity index (χ2v) is 8.96. The third-order valence-electron chi connectivity index (χ3n) is 6.38. The van der Waals surface area contributed by atoms with Gasteiger partial charge in [0, 0.05) is 35.3 Å². The van der Waals surface area contributed by atoms with Gasteiger partial charge in [-0.3, -0.25) is 14.0 Å². The normalized spacial score (nSPS) is 13.7. The van der Waals surface area contributed by atoms with Crippen molar-refractivity contribution in [1.29, 1.82) is 0 Å². The molecule has 36 heavy (non-hydrogen) atoms. The SMILES string of the molecule is Cn1cc2c3cc(C(=O)N[C@](C)(CO)c4ccccc4)ccc3n(-c3ccc(C(F)(F)F)cc3)c2n1. The van der Waals surface area contributed by atoms with E-state index in [9.17, 15) is 23.1 Å². The van der Waals surface area contributed by atoms with E-state index in [1.54, 1.807) is 41.4 Å². The number of hydrogen-bond donors (Lipinski definition) is 2. The summed E-state index contributed by atoms with van der Waals surface area (Å²) in [5, 5.41) is 19.0. The summed E-state index contributed by atoms with van der Waals surface area (Å²) in [6.45, 7) is 1.46. The van der Waals surface area contributed by atoms with Gasteiger partial charge in [0.25, 0.3) is 5.91 Å². The average Bonchev–Trinajstić information content (AvgIpc) is 3.38. The lowest BCUT2D eigenvalue weighted by Gasteiger charge is -2.29. The van der Waals surface area contributed by atoms with Gasteiger partial charge in [-0.1, -0.05) is 30.3 Å². The monoisotopic (exact) mass is 492 g/mol. The standard InChI is InChI=1S/C27H23F3N4O2/c1-26(16-35,18-6-4-3-5-7-18)31-25(36)17-8-13-23-21(14-17)22-15-33(2)32-24(22)34(23)20-11-9-19(10-12-20)27(28,29)30/h3-15,35H,16H2,1-2H3,(H,31,36)/t26-/m1/s1. The molecule has 0 aliphatic rings. The van der Waals surface area contributed by atoms with Gasteiger partial charge < -0.3 is 10.4 Å². The lowest BCUT2D eigenvalue weighted by atomic mass is 9.92. The quantitative estimate of drug-likeness (QED) is 0.356. The lowest BCUT2D eigenvalue weighted by Crippen LogP contribution is -2.46. The molecule has 0 radical (unpaired) electrons. The predicted octanol–water partition coefficient (Wildman–Crippen LogP) is 5.17. The van der Waals surface area contributed by atoms with E-state index in [0.29, 0.717) is 22.4 Å². The van der Waals surface area contributed by atoms with Crippen molar-refractivity contribution in [2.45, 2.75) is 18.6 Å². The first-order valence-corrected chi connectivity index (χ1v) is 11.2. The van der Waals surface area contributed by atoms with Crippen molar-refractivity contribution in [3.63, 3.8) is 0 Å². The Balaban J connectivity index is 1.58. The minimum Gasteiger partial charge on any atom is -0.394 e. The number of carbonyl (C=O) groups is 1. The van der Waals surface area contributed by atoms with Crippen LogP contribution >= 0.6 is 0 Å². The third kappa shape index (κ3) is 4.01. The molecule has 0 aliphatic heterocycles. The van der Waals surface area contributed by atoms with Crippen molar-refractivity contribution in [3.8, 4) is 5.69 Å². The Bertz CT molecular complexity index is 1570. The van der Waals surface area contributed by atoms with Crippen LogP contribution in [0.4, 0.5) is 13.2 Å². The zero-order valence-electron chi connectivity index (χ0n) is 19.5. The zero-order valence-corrected chi connectivity index (χ0v) is 19.5. The summed E-state index contributed by atoms with van der Waals surface area (Å²) in [5.74, 6) is -0.364. The molecule has 2 heterocycles. The largest absolute Gasteiger partial charge is 0.416 e. The van der Waals surface area contributed by atoms with Crippen molar-refractivity contribution in [2.75, 3.05) is 6.61 Å². The van der Waals surface area contributed by atoms with E-state index in [4.69, 9.17) is 0 Å². The van der Waals surface area contributed by atoms with Crippen molar-refractivity contribution >= 4 is 27.8 Å². The smallest absolute Gasteiger partial charge is 0.394 e. The molecule has 2 aromatic heterocycles. The van der Waals surface area contributed by atoms with Gasteiger partial charge in [0.05, 0.1) is 23.2 Å². The number of benzene rings is 3. The first-order valence-electron chi connectivity index (χ1n) is 11.2. The van der Waals surface area contributed by atoms with Crippen LogP contribution in [0.1, 0.15) is 28.4 Å². The maximum absolute atomic E-state index is 13.2. The Hall–Kier alpha value is -4.11. The van der Waals surface area contributed by atoms with E-state index in [0.717, 1.165) is 28.5 Å². The number of aromatic nitrogens is 3. The summed E-state index contributed by atoms with van der Waals surface area (Å²) in [4.78, 5) is 13.2. The first-order chi connectivity index (χ1) is 17.1. The summed E-state index contributed by atoms with van der Waals surface area (Å²) in [7, 11) is 1.76. The molecule has 0 saturated carbocycles. The molecule has 5 aromatic rings. The lowest BCUT2D eigenvalue weighted by molar-refractivity contribution is -0.137. The molecule has 6 nitrogen and oxygen atoms in total. The second-order valence-electron chi connectivity index (χ2n) is 8.96. The van der Waals surface area contributed by atoms with Gasteiger partial charge in [-0.25, -0.2) is 0 Å². The molecular formula is C27H23F3N4O2. The number of nitrogens with one attached hydrogen (secondary N) is 1. The Morgan fingerprint density at radius 1 is 0.972 bits per heavy atom. The minimum atomic E-state index is -4.43. The summed E-state index contributed by atoms with van der Waals surface area (Å²) in [6, 6.07) is 19.2. The molecule has 0 saturated heterocycles. The van der Waals surface area contributed by atoms with Crippen LogP contribution in [0.3, 0.4) is 0 Å². The molecule has 1 atom stereocenters. The van der Waals surface area contributed by atoms with Crippen LogP contribution in [0.25, 0.3) is 27.6 Å². The third-order valence-corrected chi connectivity index (χ3v) is 6.38. The summed E-state index contributed by atoms with van der Waals surface area (Å²) >= 11 is 0. The van der Waals surface area contributed by atoms with Gasteiger partial charge in [0.15, 0.2) is 5.65 Å². The number of halogens is 3.